The van der Waals surface area contributed by atoms with Crippen molar-refractivity contribution in [2.45, 2.75) is 60.3 Å². The monoisotopic (exact) mass is 359 g/mol. The lowest BCUT2D eigenvalue weighted by atomic mass is 10.0. The van der Waals surface area contributed by atoms with Crippen LogP contribution >= 0.6 is 0 Å². The van der Waals surface area contributed by atoms with Gasteiger partial charge in [-0.25, -0.2) is 4.99 Å². The largest absolute Gasteiger partial charge is 0.359 e. The Bertz CT molecular complexity index is 637. The van der Waals surface area contributed by atoms with Crippen LogP contribution in [0.2, 0.25) is 0 Å². The molecule has 1 aromatic rings. The van der Waals surface area contributed by atoms with Crippen molar-refractivity contribution in [2.24, 2.45) is 22.7 Å². The Kier molecular flexibility index (Phi) is 7.18. The first-order valence-electron chi connectivity index (χ1n) is 9.86. The third-order valence-corrected chi connectivity index (χ3v) is 4.84. The van der Waals surface area contributed by atoms with Crippen LogP contribution in [-0.2, 0) is 0 Å². The van der Waals surface area contributed by atoms with Gasteiger partial charge in [-0.05, 0) is 43.2 Å². The molecule has 0 unspecified atom stereocenters. The van der Waals surface area contributed by atoms with Gasteiger partial charge in [-0.1, -0.05) is 40.5 Å². The van der Waals surface area contributed by atoms with Crippen molar-refractivity contribution in [2.75, 3.05) is 13.1 Å². The number of hydrogen-bond donors (Lipinski definition) is 0. The summed E-state index contributed by atoms with van der Waals surface area (Å²) in [6, 6.07) is 4.99. The van der Waals surface area contributed by atoms with Gasteiger partial charge in [0.1, 0.15) is 5.84 Å². The molecule has 0 amide bonds. The first-order chi connectivity index (χ1) is 12.3. The minimum atomic E-state index is -0.345. The zero-order valence-corrected chi connectivity index (χ0v) is 16.9. The molecule has 1 fully saturated rings. The van der Waals surface area contributed by atoms with Crippen LogP contribution in [0.3, 0.4) is 0 Å². The van der Waals surface area contributed by atoms with E-state index in [4.69, 9.17) is 4.99 Å². The summed E-state index contributed by atoms with van der Waals surface area (Å²) in [5.41, 5.74) is 1.85. The maximum absolute atomic E-state index is 11.0. The van der Waals surface area contributed by atoms with E-state index in [2.05, 4.69) is 32.6 Å². The fraction of sp³-hybridized carbons (Fsp3) is 0.667. The van der Waals surface area contributed by atoms with Gasteiger partial charge in [0.15, 0.2) is 0 Å². The molecule has 1 aromatic carbocycles. The maximum Gasteiger partial charge on any atom is 0.269 e. The number of amidine groups is 1. The number of nitro benzene ring substituents is 1. The number of nitro groups is 1. The predicted octanol–water partition coefficient (Wildman–Crippen LogP) is 5.74. The molecule has 0 bridgehead atoms. The van der Waals surface area contributed by atoms with E-state index in [0.717, 1.165) is 24.3 Å². The Balaban J connectivity index is 2.42. The molecule has 0 radical (unpaired) electrons. The Morgan fingerprint density at radius 1 is 1.19 bits per heavy atom. The molecular formula is C21H33N3O2. The molecule has 26 heavy (non-hydrogen) atoms. The van der Waals surface area contributed by atoms with E-state index in [0.29, 0.717) is 17.8 Å². The quantitative estimate of drug-likeness (QED) is 0.270. The second kappa shape index (κ2) is 9.15. The van der Waals surface area contributed by atoms with Gasteiger partial charge in [-0.15, -0.1) is 0 Å². The standard InChI is InChI=1S/C21H33N3O2/c1-15(2)13-23(14-16(3)4)21(18-8-6-7-9-18)22-20-11-10-19(24(25)26)12-17(20)5/h10-12,15-16,18H,6-9,13-14H2,1-5H3. The summed E-state index contributed by atoms with van der Waals surface area (Å²) in [6.07, 6.45) is 4.91. The molecule has 0 spiro atoms. The molecular weight excluding hydrogens is 326 g/mol. The summed E-state index contributed by atoms with van der Waals surface area (Å²) >= 11 is 0. The molecule has 1 aliphatic rings. The SMILES string of the molecule is Cc1cc([N+](=O)[O-])ccc1N=C(C1CCCC1)N(CC(C)C)CC(C)C. The molecule has 0 atom stereocenters. The zero-order valence-electron chi connectivity index (χ0n) is 16.9. The Morgan fingerprint density at radius 2 is 1.77 bits per heavy atom. The topological polar surface area (TPSA) is 58.7 Å². The molecule has 0 N–H and O–H groups in total. The molecule has 2 rings (SSSR count). The van der Waals surface area contributed by atoms with Gasteiger partial charge in [0, 0.05) is 31.1 Å². The highest BCUT2D eigenvalue weighted by molar-refractivity contribution is 5.87. The number of non-ortho nitro benzene ring substituents is 1. The Hall–Kier alpha value is -1.91. The van der Waals surface area contributed by atoms with E-state index in [1.54, 1.807) is 18.2 Å². The van der Waals surface area contributed by atoms with Gasteiger partial charge >= 0.3 is 0 Å². The van der Waals surface area contributed by atoms with Crippen molar-refractivity contribution < 1.29 is 4.92 Å². The third-order valence-electron chi connectivity index (χ3n) is 4.84. The van der Waals surface area contributed by atoms with Crippen LogP contribution in [0.15, 0.2) is 23.2 Å². The minimum Gasteiger partial charge on any atom is -0.359 e. The first-order valence-corrected chi connectivity index (χ1v) is 9.86. The Labute approximate surface area is 157 Å². The molecule has 1 saturated carbocycles. The number of rotatable bonds is 7. The van der Waals surface area contributed by atoms with Crippen LogP contribution in [0, 0.1) is 34.8 Å². The number of aliphatic imine (C=N–C) groups is 1. The van der Waals surface area contributed by atoms with Crippen molar-refractivity contribution in [3.05, 3.63) is 33.9 Å². The van der Waals surface area contributed by atoms with Crippen molar-refractivity contribution in [1.82, 2.24) is 4.90 Å². The van der Waals surface area contributed by atoms with E-state index < -0.39 is 0 Å². The second-order valence-corrected chi connectivity index (χ2v) is 8.37. The summed E-state index contributed by atoms with van der Waals surface area (Å²) in [7, 11) is 0. The summed E-state index contributed by atoms with van der Waals surface area (Å²) in [5, 5.41) is 11.0. The normalized spacial score (nSPS) is 15.9. The van der Waals surface area contributed by atoms with Gasteiger partial charge in [0.05, 0.1) is 10.6 Å². The maximum atomic E-state index is 11.0. The van der Waals surface area contributed by atoms with Gasteiger partial charge in [0.2, 0.25) is 0 Å². The van der Waals surface area contributed by atoms with E-state index in [1.807, 2.05) is 6.92 Å². The fourth-order valence-electron chi connectivity index (χ4n) is 3.75. The molecule has 5 heteroatoms. The highest BCUT2D eigenvalue weighted by atomic mass is 16.6. The van der Waals surface area contributed by atoms with E-state index in [9.17, 15) is 10.1 Å². The molecule has 1 aliphatic carbocycles. The average Bonchev–Trinajstić information content (AvgIpc) is 3.06. The van der Waals surface area contributed by atoms with Crippen molar-refractivity contribution >= 4 is 17.2 Å². The molecule has 0 aliphatic heterocycles. The summed E-state index contributed by atoms with van der Waals surface area (Å²) < 4.78 is 0. The summed E-state index contributed by atoms with van der Waals surface area (Å²) in [6.45, 7) is 12.9. The molecule has 0 saturated heterocycles. The van der Waals surface area contributed by atoms with Crippen molar-refractivity contribution in [3.63, 3.8) is 0 Å². The molecule has 0 aromatic heterocycles. The summed E-state index contributed by atoms with van der Waals surface area (Å²) in [4.78, 5) is 18.2. The third kappa shape index (κ3) is 5.55. The van der Waals surface area contributed by atoms with E-state index >= 15 is 0 Å². The number of hydrogen-bond acceptors (Lipinski definition) is 3. The van der Waals surface area contributed by atoms with Gasteiger partial charge in [-0.2, -0.15) is 0 Å². The first kappa shape index (κ1) is 20.4. The van der Waals surface area contributed by atoms with Crippen LogP contribution in [0.5, 0.6) is 0 Å². The number of aryl methyl sites for hydroxylation is 1. The average molecular weight is 360 g/mol. The summed E-state index contributed by atoms with van der Waals surface area (Å²) in [5.74, 6) is 2.82. The van der Waals surface area contributed by atoms with Crippen LogP contribution in [-0.4, -0.2) is 28.7 Å². The lowest BCUT2D eigenvalue weighted by Gasteiger charge is -2.32. The second-order valence-electron chi connectivity index (χ2n) is 8.37. The fourth-order valence-corrected chi connectivity index (χ4v) is 3.75. The highest BCUT2D eigenvalue weighted by Crippen LogP contribution is 2.31. The van der Waals surface area contributed by atoms with Crippen molar-refractivity contribution in [3.8, 4) is 0 Å². The molecule has 0 heterocycles. The smallest absolute Gasteiger partial charge is 0.269 e. The lowest BCUT2D eigenvalue weighted by Crippen LogP contribution is -2.40. The van der Waals surface area contributed by atoms with Crippen LogP contribution in [0.1, 0.15) is 58.9 Å². The van der Waals surface area contributed by atoms with Crippen LogP contribution in [0.25, 0.3) is 0 Å². The predicted molar refractivity (Wildman–Crippen MR) is 108 cm³/mol. The zero-order chi connectivity index (χ0) is 19.3. The van der Waals surface area contributed by atoms with Gasteiger partial charge < -0.3 is 4.90 Å². The van der Waals surface area contributed by atoms with Crippen LogP contribution < -0.4 is 0 Å². The number of benzene rings is 1. The van der Waals surface area contributed by atoms with E-state index in [1.165, 1.54) is 31.5 Å². The molecule has 5 nitrogen and oxygen atoms in total. The van der Waals surface area contributed by atoms with Crippen LogP contribution in [0.4, 0.5) is 11.4 Å². The minimum absolute atomic E-state index is 0.130. The number of nitrogens with zero attached hydrogens (tertiary/aromatic N) is 3. The van der Waals surface area contributed by atoms with Crippen molar-refractivity contribution in [1.29, 1.82) is 0 Å². The van der Waals surface area contributed by atoms with E-state index in [-0.39, 0.29) is 10.6 Å². The Morgan fingerprint density at radius 3 is 2.23 bits per heavy atom. The lowest BCUT2D eigenvalue weighted by molar-refractivity contribution is -0.384. The highest BCUT2D eigenvalue weighted by Gasteiger charge is 2.26. The van der Waals surface area contributed by atoms with Gasteiger partial charge in [0.25, 0.3) is 5.69 Å². The molecule has 144 valence electrons. The van der Waals surface area contributed by atoms with Gasteiger partial charge in [-0.3, -0.25) is 10.1 Å².